The van der Waals surface area contributed by atoms with Gasteiger partial charge in [-0.05, 0) is 17.7 Å². The van der Waals surface area contributed by atoms with Crippen LogP contribution in [0.3, 0.4) is 0 Å². The summed E-state index contributed by atoms with van der Waals surface area (Å²) in [6, 6.07) is 7.55. The van der Waals surface area contributed by atoms with Gasteiger partial charge in [0.15, 0.2) is 0 Å². The van der Waals surface area contributed by atoms with Crippen LogP contribution < -0.4 is 20.5 Å². The van der Waals surface area contributed by atoms with Gasteiger partial charge in [-0.3, -0.25) is 9.78 Å². The van der Waals surface area contributed by atoms with E-state index in [1.165, 1.54) is 4.90 Å². The average molecular weight is 346 g/mol. The lowest BCUT2D eigenvalue weighted by molar-refractivity contribution is -0.906. The summed E-state index contributed by atoms with van der Waals surface area (Å²) in [4.78, 5) is 16.4. The third-order valence-electron chi connectivity index (χ3n) is 4.27. The number of morpholine rings is 1. The van der Waals surface area contributed by atoms with E-state index < -0.39 is 0 Å². The van der Waals surface area contributed by atoms with Crippen molar-refractivity contribution in [1.29, 1.82) is 0 Å². The Kier molecular flexibility index (Phi) is 5.97. The van der Waals surface area contributed by atoms with E-state index in [4.69, 9.17) is 9.47 Å². The Balaban J connectivity index is 1.53. The fourth-order valence-electron chi connectivity index (χ4n) is 2.76. The first-order valence-electron chi connectivity index (χ1n) is 8.48. The predicted molar refractivity (Wildman–Crippen MR) is 93.3 cm³/mol. The summed E-state index contributed by atoms with van der Waals surface area (Å²) in [5.41, 5.74) is 1.17. The van der Waals surface area contributed by atoms with Crippen molar-refractivity contribution in [2.75, 3.05) is 51.8 Å². The number of aromatic nitrogens is 3. The molecular weight excluding hydrogens is 322 g/mol. The molecule has 1 saturated heterocycles. The molecule has 1 aliphatic rings. The second-order valence-corrected chi connectivity index (χ2v) is 6.01. The molecule has 0 bridgehead atoms. The molecule has 1 aromatic heterocycles. The molecule has 0 amide bonds. The number of nitrogens with one attached hydrogen (secondary N) is 3. The van der Waals surface area contributed by atoms with Gasteiger partial charge in [-0.15, -0.1) is 10.2 Å². The smallest absolute Gasteiger partial charge is 0.274 e. The van der Waals surface area contributed by atoms with Crippen molar-refractivity contribution in [3.63, 3.8) is 0 Å². The quantitative estimate of drug-likeness (QED) is 0.601. The highest BCUT2D eigenvalue weighted by Crippen LogP contribution is 2.12. The van der Waals surface area contributed by atoms with Gasteiger partial charge in [0.25, 0.3) is 5.56 Å². The van der Waals surface area contributed by atoms with Crippen molar-refractivity contribution in [2.24, 2.45) is 0 Å². The van der Waals surface area contributed by atoms with E-state index in [0.29, 0.717) is 18.1 Å². The summed E-state index contributed by atoms with van der Waals surface area (Å²) >= 11 is 0. The number of H-pyrrole nitrogens is 1. The van der Waals surface area contributed by atoms with Gasteiger partial charge in [0, 0.05) is 6.42 Å². The van der Waals surface area contributed by atoms with Crippen LogP contribution in [0.4, 0.5) is 5.95 Å². The van der Waals surface area contributed by atoms with Gasteiger partial charge in [0.1, 0.15) is 24.5 Å². The minimum atomic E-state index is -0.216. The lowest BCUT2D eigenvalue weighted by Gasteiger charge is -2.23. The Labute approximate surface area is 146 Å². The zero-order valence-corrected chi connectivity index (χ0v) is 14.4. The van der Waals surface area contributed by atoms with Gasteiger partial charge in [0.2, 0.25) is 5.95 Å². The summed E-state index contributed by atoms with van der Waals surface area (Å²) in [6.45, 7) is 5.35. The predicted octanol–water partition coefficient (Wildman–Crippen LogP) is -0.909. The van der Waals surface area contributed by atoms with Crippen LogP contribution in [0.2, 0.25) is 0 Å². The topological polar surface area (TPSA) is 93.6 Å². The van der Waals surface area contributed by atoms with Crippen molar-refractivity contribution in [2.45, 2.75) is 6.42 Å². The molecule has 0 radical (unpaired) electrons. The number of aromatic amines is 1. The van der Waals surface area contributed by atoms with E-state index in [9.17, 15) is 4.79 Å². The second-order valence-electron chi connectivity index (χ2n) is 6.01. The second kappa shape index (κ2) is 8.59. The lowest BCUT2D eigenvalue weighted by atomic mass is 10.1. The summed E-state index contributed by atoms with van der Waals surface area (Å²) in [5, 5.41) is 11.3. The zero-order valence-electron chi connectivity index (χ0n) is 14.4. The van der Waals surface area contributed by atoms with Crippen LogP contribution in [-0.4, -0.2) is 61.7 Å². The number of methoxy groups -OCH3 is 1. The SMILES string of the molecule is COc1ccc(Cc2nnc(NCC[NH+]3CCOCC3)[nH]c2=O)cc1. The van der Waals surface area contributed by atoms with Crippen molar-refractivity contribution in [3.05, 3.63) is 45.9 Å². The van der Waals surface area contributed by atoms with Crippen LogP contribution in [0.1, 0.15) is 11.3 Å². The first-order chi connectivity index (χ1) is 12.2. The number of nitrogens with zero attached hydrogens (tertiary/aromatic N) is 2. The molecule has 25 heavy (non-hydrogen) atoms. The molecule has 3 N–H and O–H groups in total. The number of quaternary nitrogens is 1. The number of anilines is 1. The van der Waals surface area contributed by atoms with Crippen molar-refractivity contribution in [1.82, 2.24) is 15.2 Å². The number of ether oxygens (including phenoxy) is 2. The van der Waals surface area contributed by atoms with E-state index in [1.54, 1.807) is 7.11 Å². The maximum absolute atomic E-state index is 12.2. The van der Waals surface area contributed by atoms with Crippen LogP contribution in [0.5, 0.6) is 5.75 Å². The molecule has 2 heterocycles. The number of hydrogen-bond donors (Lipinski definition) is 3. The highest BCUT2D eigenvalue weighted by molar-refractivity contribution is 5.30. The Morgan fingerprint density at radius 2 is 2.00 bits per heavy atom. The fourth-order valence-corrected chi connectivity index (χ4v) is 2.76. The van der Waals surface area contributed by atoms with Gasteiger partial charge in [0.05, 0.1) is 33.4 Å². The highest BCUT2D eigenvalue weighted by atomic mass is 16.5. The Bertz CT molecular complexity index is 726. The molecule has 2 aromatic rings. The minimum Gasteiger partial charge on any atom is -0.497 e. The van der Waals surface area contributed by atoms with Gasteiger partial charge in [-0.1, -0.05) is 12.1 Å². The molecule has 1 aliphatic heterocycles. The number of benzene rings is 1. The van der Waals surface area contributed by atoms with Crippen LogP contribution in [0.25, 0.3) is 0 Å². The van der Waals surface area contributed by atoms with Gasteiger partial charge in [-0.2, -0.15) is 0 Å². The Morgan fingerprint density at radius 3 is 2.68 bits per heavy atom. The van der Waals surface area contributed by atoms with Gasteiger partial charge in [-0.25, -0.2) is 0 Å². The van der Waals surface area contributed by atoms with Crippen LogP contribution >= 0.6 is 0 Å². The zero-order chi connectivity index (χ0) is 17.5. The first kappa shape index (κ1) is 17.4. The van der Waals surface area contributed by atoms with Crippen LogP contribution in [0.15, 0.2) is 29.1 Å². The van der Waals surface area contributed by atoms with E-state index >= 15 is 0 Å². The minimum absolute atomic E-state index is 0.216. The lowest BCUT2D eigenvalue weighted by Crippen LogP contribution is -3.14. The molecule has 0 atom stereocenters. The molecular formula is C17H24N5O3+. The summed E-state index contributed by atoms with van der Waals surface area (Å²) in [6.07, 6.45) is 0.435. The molecule has 3 rings (SSSR count). The number of rotatable bonds is 7. The highest BCUT2D eigenvalue weighted by Gasteiger charge is 2.13. The molecule has 8 heteroatoms. The molecule has 0 spiro atoms. The van der Waals surface area contributed by atoms with Gasteiger partial charge < -0.3 is 19.7 Å². The molecule has 134 valence electrons. The summed E-state index contributed by atoms with van der Waals surface area (Å²) < 4.78 is 10.5. The first-order valence-corrected chi connectivity index (χ1v) is 8.48. The van der Waals surface area contributed by atoms with Gasteiger partial charge >= 0.3 is 0 Å². The monoisotopic (exact) mass is 346 g/mol. The molecule has 8 nitrogen and oxygen atoms in total. The Hall–Kier alpha value is -2.45. The normalized spacial score (nSPS) is 15.1. The van der Waals surface area contributed by atoms with E-state index in [1.807, 2.05) is 24.3 Å². The molecule has 0 aliphatic carbocycles. The fraction of sp³-hybridized carbons (Fsp3) is 0.471. The number of hydrogen-bond acceptors (Lipinski definition) is 6. The molecule has 1 fully saturated rings. The van der Waals surface area contributed by atoms with Crippen LogP contribution in [-0.2, 0) is 11.2 Å². The third kappa shape index (κ3) is 5.01. The van der Waals surface area contributed by atoms with Crippen molar-refractivity contribution in [3.8, 4) is 5.75 Å². The van der Waals surface area contributed by atoms with Crippen molar-refractivity contribution < 1.29 is 14.4 Å². The molecule has 1 aromatic carbocycles. The summed E-state index contributed by atoms with van der Waals surface area (Å²) in [5.74, 6) is 1.20. The molecule has 0 unspecified atom stereocenters. The Morgan fingerprint density at radius 1 is 1.24 bits per heavy atom. The standard InChI is InChI=1S/C17H23N5O3/c1-24-14-4-2-13(3-5-14)12-15-16(23)19-17(21-20-15)18-6-7-22-8-10-25-11-9-22/h2-5H,6-12H2,1H3,(H2,18,19,21,23)/p+1. The maximum Gasteiger partial charge on any atom is 0.274 e. The van der Waals surface area contributed by atoms with E-state index in [2.05, 4.69) is 20.5 Å². The van der Waals surface area contributed by atoms with E-state index in [-0.39, 0.29) is 5.56 Å². The largest absolute Gasteiger partial charge is 0.497 e. The van der Waals surface area contributed by atoms with Crippen LogP contribution in [0, 0.1) is 0 Å². The molecule has 0 saturated carbocycles. The van der Waals surface area contributed by atoms with Crippen molar-refractivity contribution >= 4 is 5.95 Å². The average Bonchev–Trinajstić information content (AvgIpc) is 2.65. The maximum atomic E-state index is 12.2. The third-order valence-corrected chi connectivity index (χ3v) is 4.27. The summed E-state index contributed by atoms with van der Waals surface area (Å²) in [7, 11) is 1.62. The van der Waals surface area contributed by atoms with E-state index in [0.717, 1.165) is 50.7 Å².